The summed E-state index contributed by atoms with van der Waals surface area (Å²) in [5.41, 5.74) is 3.65. The number of aromatic nitrogens is 2. The van der Waals surface area contributed by atoms with Crippen LogP contribution in [0.5, 0.6) is 0 Å². The van der Waals surface area contributed by atoms with E-state index in [1.165, 1.54) is 4.90 Å². The number of benzene rings is 3. The van der Waals surface area contributed by atoms with Crippen molar-refractivity contribution in [3.8, 4) is 0 Å². The third-order valence-corrected chi connectivity index (χ3v) is 5.86. The Hall–Kier alpha value is -3.54. The second kappa shape index (κ2) is 6.76. The molecule has 0 radical (unpaired) electrons. The summed E-state index contributed by atoms with van der Waals surface area (Å²) in [5.74, 6) is -0.456. The normalized spacial score (nSPS) is 13.6. The van der Waals surface area contributed by atoms with Gasteiger partial charge in [0, 0.05) is 59.0 Å². The van der Waals surface area contributed by atoms with Gasteiger partial charge in [0.1, 0.15) is 5.52 Å². The van der Waals surface area contributed by atoms with E-state index < -0.39 is 0 Å². The van der Waals surface area contributed by atoms with Crippen LogP contribution >= 0.6 is 0 Å². The van der Waals surface area contributed by atoms with Gasteiger partial charge in [-0.15, -0.1) is 10.2 Å². The van der Waals surface area contributed by atoms with Crippen molar-refractivity contribution in [3.05, 3.63) is 53.6 Å². The molecule has 0 unspecified atom stereocenters. The molecule has 0 fully saturated rings. The van der Waals surface area contributed by atoms with Gasteiger partial charge in [0.2, 0.25) is 0 Å². The number of anilines is 1. The Kier molecular flexibility index (Phi) is 4.17. The van der Waals surface area contributed by atoms with Gasteiger partial charge in [-0.2, -0.15) is 0 Å². The van der Waals surface area contributed by atoms with Crippen LogP contribution in [-0.4, -0.2) is 47.6 Å². The second-order valence-corrected chi connectivity index (χ2v) is 7.96. The molecule has 0 atom stereocenters. The number of nitrogens with zero attached hydrogens (tertiary/aromatic N) is 4. The number of fused-ring (bicyclic) bond motifs is 4. The van der Waals surface area contributed by atoms with Gasteiger partial charge in [0.25, 0.3) is 11.8 Å². The maximum Gasteiger partial charge on any atom is 0.261 e. The SMILES string of the molecule is CCCCN1C(=O)c2cccc3c2c(cc2c4cc(N(C)C)ccc4nnc32)C1=O. The Labute approximate surface area is 174 Å². The molecule has 1 aliphatic heterocycles. The van der Waals surface area contributed by atoms with Gasteiger partial charge in [0.15, 0.2) is 0 Å². The summed E-state index contributed by atoms with van der Waals surface area (Å²) in [6.07, 6.45) is 1.70. The van der Waals surface area contributed by atoms with Gasteiger partial charge < -0.3 is 4.90 Å². The van der Waals surface area contributed by atoms with Gasteiger partial charge in [-0.3, -0.25) is 14.5 Å². The van der Waals surface area contributed by atoms with Gasteiger partial charge in [0.05, 0.1) is 5.52 Å². The van der Waals surface area contributed by atoms with E-state index in [0.29, 0.717) is 28.6 Å². The zero-order chi connectivity index (χ0) is 21.0. The summed E-state index contributed by atoms with van der Waals surface area (Å²) >= 11 is 0. The van der Waals surface area contributed by atoms with Crippen molar-refractivity contribution >= 4 is 50.1 Å². The van der Waals surface area contributed by atoms with Crippen LogP contribution in [0, 0.1) is 0 Å². The number of rotatable bonds is 4. The summed E-state index contributed by atoms with van der Waals surface area (Å²) in [6.45, 7) is 2.48. The standard InChI is InChI=1S/C24H22N4O2/c1-4-5-11-28-23(29)16-8-6-7-15-21(16)19(24(28)30)13-18-17-12-14(27(2)3)9-10-20(17)25-26-22(15)18/h6-10,12-13H,4-5,11H2,1-3H3. The molecule has 0 aliphatic carbocycles. The van der Waals surface area contributed by atoms with Crippen molar-refractivity contribution in [2.24, 2.45) is 0 Å². The molecular formula is C24H22N4O2. The Bertz CT molecular complexity index is 1360. The molecule has 1 aromatic heterocycles. The Morgan fingerprint density at radius 3 is 2.47 bits per heavy atom. The molecule has 2 heterocycles. The molecule has 0 bridgehead atoms. The molecule has 6 heteroatoms. The molecule has 0 N–H and O–H groups in total. The van der Waals surface area contributed by atoms with E-state index in [4.69, 9.17) is 0 Å². The van der Waals surface area contributed by atoms with Crippen molar-refractivity contribution in [2.75, 3.05) is 25.5 Å². The molecule has 1 aliphatic rings. The molecule has 30 heavy (non-hydrogen) atoms. The summed E-state index contributed by atoms with van der Waals surface area (Å²) in [7, 11) is 3.98. The van der Waals surface area contributed by atoms with Crippen LogP contribution in [0.15, 0.2) is 42.5 Å². The lowest BCUT2D eigenvalue weighted by Gasteiger charge is -2.27. The average molecular weight is 398 g/mol. The minimum atomic E-state index is -0.229. The van der Waals surface area contributed by atoms with Crippen molar-refractivity contribution in [1.29, 1.82) is 0 Å². The van der Waals surface area contributed by atoms with Crippen LogP contribution < -0.4 is 4.90 Å². The highest BCUT2D eigenvalue weighted by molar-refractivity contribution is 6.30. The Morgan fingerprint density at radius 2 is 1.70 bits per heavy atom. The Balaban J connectivity index is 1.87. The lowest BCUT2D eigenvalue weighted by molar-refractivity contribution is 0.0608. The fourth-order valence-electron chi connectivity index (χ4n) is 4.24. The zero-order valence-electron chi connectivity index (χ0n) is 17.3. The van der Waals surface area contributed by atoms with Crippen LogP contribution in [0.3, 0.4) is 0 Å². The van der Waals surface area contributed by atoms with E-state index in [-0.39, 0.29) is 11.8 Å². The highest BCUT2D eigenvalue weighted by Gasteiger charge is 2.33. The maximum atomic E-state index is 13.3. The van der Waals surface area contributed by atoms with Gasteiger partial charge >= 0.3 is 0 Å². The third kappa shape index (κ3) is 2.56. The second-order valence-electron chi connectivity index (χ2n) is 7.96. The number of amides is 2. The summed E-state index contributed by atoms with van der Waals surface area (Å²) in [4.78, 5) is 29.8. The fourth-order valence-corrected chi connectivity index (χ4v) is 4.24. The molecule has 2 amide bonds. The van der Waals surface area contributed by atoms with Gasteiger partial charge in [-0.1, -0.05) is 25.5 Å². The Morgan fingerprint density at radius 1 is 0.900 bits per heavy atom. The predicted molar refractivity (Wildman–Crippen MR) is 119 cm³/mol. The maximum absolute atomic E-state index is 13.3. The predicted octanol–water partition coefficient (Wildman–Crippen LogP) is 4.40. The monoisotopic (exact) mass is 398 g/mol. The highest BCUT2D eigenvalue weighted by Crippen LogP contribution is 2.37. The lowest BCUT2D eigenvalue weighted by atomic mass is 9.91. The number of carbonyl (C=O) groups excluding carboxylic acids is 2. The van der Waals surface area contributed by atoms with Crippen molar-refractivity contribution in [3.63, 3.8) is 0 Å². The fraction of sp³-hybridized carbons (Fsp3) is 0.250. The summed E-state index contributed by atoms with van der Waals surface area (Å²) in [5, 5.41) is 12.2. The number of unbranched alkanes of at least 4 members (excludes halogenated alkanes) is 1. The number of hydrogen-bond acceptors (Lipinski definition) is 5. The van der Waals surface area contributed by atoms with E-state index in [9.17, 15) is 9.59 Å². The molecular weight excluding hydrogens is 376 g/mol. The van der Waals surface area contributed by atoms with Crippen molar-refractivity contribution in [1.82, 2.24) is 15.1 Å². The largest absolute Gasteiger partial charge is 0.378 e. The van der Waals surface area contributed by atoms with Crippen LogP contribution in [0.4, 0.5) is 5.69 Å². The third-order valence-electron chi connectivity index (χ3n) is 5.86. The minimum Gasteiger partial charge on any atom is -0.378 e. The first kappa shape index (κ1) is 18.5. The molecule has 3 aromatic carbocycles. The smallest absolute Gasteiger partial charge is 0.261 e. The molecule has 5 rings (SSSR count). The first-order valence-corrected chi connectivity index (χ1v) is 10.2. The van der Waals surface area contributed by atoms with Gasteiger partial charge in [-0.05, 0) is 36.8 Å². The van der Waals surface area contributed by atoms with Crippen molar-refractivity contribution < 1.29 is 9.59 Å². The van der Waals surface area contributed by atoms with Crippen LogP contribution in [0.1, 0.15) is 40.5 Å². The number of carbonyl (C=O) groups is 2. The van der Waals surface area contributed by atoms with Crippen LogP contribution in [-0.2, 0) is 0 Å². The quantitative estimate of drug-likeness (QED) is 0.377. The molecule has 0 saturated carbocycles. The first-order valence-electron chi connectivity index (χ1n) is 10.2. The minimum absolute atomic E-state index is 0.227. The lowest BCUT2D eigenvalue weighted by Crippen LogP contribution is -2.40. The summed E-state index contributed by atoms with van der Waals surface area (Å²) in [6, 6.07) is 13.5. The van der Waals surface area contributed by atoms with E-state index in [2.05, 4.69) is 16.3 Å². The summed E-state index contributed by atoms with van der Waals surface area (Å²) < 4.78 is 0. The zero-order valence-corrected chi connectivity index (χ0v) is 17.3. The average Bonchev–Trinajstić information content (AvgIpc) is 2.76. The molecule has 0 spiro atoms. The number of hydrogen-bond donors (Lipinski definition) is 0. The first-order chi connectivity index (χ1) is 14.5. The highest BCUT2D eigenvalue weighted by atomic mass is 16.2. The van der Waals surface area contributed by atoms with Crippen LogP contribution in [0.25, 0.3) is 32.6 Å². The van der Waals surface area contributed by atoms with E-state index >= 15 is 0 Å². The molecule has 150 valence electrons. The van der Waals surface area contributed by atoms with E-state index in [1.807, 2.05) is 56.3 Å². The topological polar surface area (TPSA) is 66.4 Å². The number of imide groups is 1. The molecule has 6 nitrogen and oxygen atoms in total. The van der Waals surface area contributed by atoms with Crippen LogP contribution in [0.2, 0.25) is 0 Å². The molecule has 0 saturated heterocycles. The van der Waals surface area contributed by atoms with E-state index in [0.717, 1.165) is 40.2 Å². The molecule has 4 aromatic rings. The van der Waals surface area contributed by atoms with Crippen molar-refractivity contribution in [2.45, 2.75) is 19.8 Å². The van der Waals surface area contributed by atoms with E-state index in [1.54, 1.807) is 6.07 Å². The van der Waals surface area contributed by atoms with Gasteiger partial charge in [-0.25, -0.2) is 0 Å².